The van der Waals surface area contributed by atoms with Gasteiger partial charge in [-0.2, -0.15) is 0 Å². The number of hydrogen-bond donors (Lipinski definition) is 1. The Morgan fingerprint density at radius 2 is 1.97 bits per heavy atom. The Morgan fingerprint density at radius 3 is 2.62 bits per heavy atom. The first-order chi connectivity index (χ1) is 13.7. The van der Waals surface area contributed by atoms with Crippen molar-refractivity contribution in [1.82, 2.24) is 20.1 Å². The van der Waals surface area contributed by atoms with Crippen LogP contribution in [0, 0.1) is 5.92 Å². The van der Waals surface area contributed by atoms with Crippen LogP contribution in [0.1, 0.15) is 32.3 Å². The molecule has 1 aliphatic carbocycles. The number of carbonyl (C=O) groups excluding carboxylic acids is 1. The van der Waals surface area contributed by atoms with Crippen molar-refractivity contribution in [1.29, 1.82) is 0 Å². The van der Waals surface area contributed by atoms with E-state index in [0.717, 1.165) is 37.8 Å². The number of aliphatic imine (C=N–C) groups is 1. The van der Waals surface area contributed by atoms with Crippen LogP contribution in [0.4, 0.5) is 4.79 Å². The third-order valence-electron chi connectivity index (χ3n) is 4.81. The van der Waals surface area contributed by atoms with Crippen LogP contribution < -0.4 is 10.1 Å². The Morgan fingerprint density at radius 1 is 1.24 bits per heavy atom. The van der Waals surface area contributed by atoms with E-state index in [1.54, 1.807) is 11.1 Å². The number of amides is 1. The highest BCUT2D eigenvalue weighted by Gasteiger charge is 2.24. The highest BCUT2D eigenvalue weighted by atomic mass is 127. The first-order valence-corrected chi connectivity index (χ1v) is 10.2. The van der Waals surface area contributed by atoms with Gasteiger partial charge in [0.05, 0.1) is 19.8 Å². The molecule has 0 spiro atoms. The van der Waals surface area contributed by atoms with Gasteiger partial charge in [-0.25, -0.2) is 14.8 Å². The highest BCUT2D eigenvalue weighted by Crippen LogP contribution is 2.29. The number of halogens is 1. The summed E-state index contributed by atoms with van der Waals surface area (Å²) in [5.74, 6) is 2.24. The van der Waals surface area contributed by atoms with Gasteiger partial charge in [-0.15, -0.1) is 24.0 Å². The molecule has 1 aromatic rings. The average Bonchev–Trinajstić information content (AvgIpc) is 3.55. The number of piperazine rings is 1. The number of aromatic nitrogens is 1. The van der Waals surface area contributed by atoms with Crippen molar-refractivity contribution < 1.29 is 14.3 Å². The van der Waals surface area contributed by atoms with Crippen molar-refractivity contribution in [3.05, 3.63) is 23.9 Å². The Balaban J connectivity index is 0.00000300. The molecule has 2 heterocycles. The minimum absolute atomic E-state index is 0. The van der Waals surface area contributed by atoms with Gasteiger partial charge in [-0.1, -0.05) is 0 Å². The van der Waals surface area contributed by atoms with E-state index in [4.69, 9.17) is 14.5 Å². The van der Waals surface area contributed by atoms with Gasteiger partial charge in [-0.05, 0) is 44.2 Å². The summed E-state index contributed by atoms with van der Waals surface area (Å²) in [6.45, 7) is 9.13. The van der Waals surface area contributed by atoms with E-state index in [0.29, 0.717) is 38.0 Å². The second-order valence-electron chi connectivity index (χ2n) is 7.10. The summed E-state index contributed by atoms with van der Waals surface area (Å²) in [6.07, 6.45) is 4.07. The molecule has 162 valence electrons. The lowest BCUT2D eigenvalue weighted by Gasteiger charge is -2.35. The predicted octanol–water partition coefficient (Wildman–Crippen LogP) is 2.73. The van der Waals surface area contributed by atoms with E-state index in [-0.39, 0.29) is 30.1 Å². The molecular formula is C20H32IN5O3. The van der Waals surface area contributed by atoms with Gasteiger partial charge in [-0.3, -0.25) is 0 Å². The fraction of sp³-hybridized carbons (Fsp3) is 0.650. The van der Waals surface area contributed by atoms with Crippen molar-refractivity contribution in [2.75, 3.05) is 45.9 Å². The number of hydrogen-bond acceptors (Lipinski definition) is 5. The first-order valence-electron chi connectivity index (χ1n) is 10.2. The zero-order chi connectivity index (χ0) is 19.8. The molecule has 8 nitrogen and oxygen atoms in total. The smallest absolute Gasteiger partial charge is 0.409 e. The van der Waals surface area contributed by atoms with Gasteiger partial charge in [0.15, 0.2) is 5.96 Å². The summed E-state index contributed by atoms with van der Waals surface area (Å²) in [4.78, 5) is 24.9. The van der Waals surface area contributed by atoms with Gasteiger partial charge in [0, 0.05) is 45.0 Å². The van der Waals surface area contributed by atoms with Crippen LogP contribution in [-0.4, -0.2) is 72.8 Å². The molecular weight excluding hydrogens is 485 g/mol. The normalized spacial score (nSPS) is 16.8. The topological polar surface area (TPSA) is 79.3 Å². The molecule has 1 N–H and O–H groups in total. The van der Waals surface area contributed by atoms with E-state index < -0.39 is 0 Å². The van der Waals surface area contributed by atoms with Gasteiger partial charge in [0.1, 0.15) is 0 Å². The van der Waals surface area contributed by atoms with E-state index in [2.05, 4.69) is 22.1 Å². The van der Waals surface area contributed by atoms with Crippen molar-refractivity contribution in [2.45, 2.75) is 33.2 Å². The van der Waals surface area contributed by atoms with Crippen LogP contribution in [0.3, 0.4) is 0 Å². The number of ether oxygens (including phenoxy) is 2. The van der Waals surface area contributed by atoms with Crippen LogP contribution in [0.5, 0.6) is 5.88 Å². The zero-order valence-corrected chi connectivity index (χ0v) is 19.6. The minimum atomic E-state index is -0.236. The molecule has 2 aliphatic rings. The van der Waals surface area contributed by atoms with Gasteiger partial charge in [0.2, 0.25) is 5.88 Å². The van der Waals surface area contributed by atoms with Crippen molar-refractivity contribution >= 4 is 36.0 Å². The highest BCUT2D eigenvalue weighted by molar-refractivity contribution is 14.0. The fourth-order valence-electron chi connectivity index (χ4n) is 3.02. The van der Waals surface area contributed by atoms with Crippen LogP contribution in [0.25, 0.3) is 0 Å². The Kier molecular flexibility index (Phi) is 9.75. The summed E-state index contributed by atoms with van der Waals surface area (Å²) in [5, 5.41) is 3.35. The number of nitrogens with zero attached hydrogens (tertiary/aromatic N) is 4. The molecule has 0 aromatic carbocycles. The molecule has 3 rings (SSSR count). The second kappa shape index (κ2) is 12.0. The largest absolute Gasteiger partial charge is 0.477 e. The fourth-order valence-corrected chi connectivity index (χ4v) is 3.02. The lowest BCUT2D eigenvalue weighted by Crippen LogP contribution is -2.53. The molecule has 1 saturated heterocycles. The van der Waals surface area contributed by atoms with Crippen LogP contribution >= 0.6 is 24.0 Å². The monoisotopic (exact) mass is 517 g/mol. The quantitative estimate of drug-likeness (QED) is 0.341. The SMILES string of the molecule is CCNC(=NCc1ccnc(OCC2CC2)c1)N1CCN(C(=O)OCC)CC1.I. The number of carbonyl (C=O) groups is 1. The lowest BCUT2D eigenvalue weighted by molar-refractivity contribution is 0.0914. The van der Waals surface area contributed by atoms with Gasteiger partial charge < -0.3 is 24.6 Å². The zero-order valence-electron chi connectivity index (χ0n) is 17.3. The average molecular weight is 517 g/mol. The first kappa shape index (κ1) is 23.5. The molecule has 1 aromatic heterocycles. The molecule has 1 aliphatic heterocycles. The lowest BCUT2D eigenvalue weighted by atomic mass is 10.2. The Labute approximate surface area is 190 Å². The maximum absolute atomic E-state index is 11.9. The third-order valence-corrected chi connectivity index (χ3v) is 4.81. The van der Waals surface area contributed by atoms with E-state index in [1.165, 1.54) is 12.8 Å². The Hall–Kier alpha value is -1.78. The minimum Gasteiger partial charge on any atom is -0.477 e. The van der Waals surface area contributed by atoms with Crippen molar-refractivity contribution in [2.24, 2.45) is 10.9 Å². The molecule has 29 heavy (non-hydrogen) atoms. The van der Waals surface area contributed by atoms with E-state index in [1.807, 2.05) is 19.1 Å². The molecule has 9 heteroatoms. The molecule has 1 saturated carbocycles. The van der Waals surface area contributed by atoms with Crippen molar-refractivity contribution in [3.63, 3.8) is 0 Å². The second-order valence-corrected chi connectivity index (χ2v) is 7.10. The summed E-state index contributed by atoms with van der Waals surface area (Å²) >= 11 is 0. The molecule has 0 atom stereocenters. The van der Waals surface area contributed by atoms with Gasteiger partial charge >= 0.3 is 6.09 Å². The van der Waals surface area contributed by atoms with Crippen molar-refractivity contribution in [3.8, 4) is 5.88 Å². The number of nitrogens with one attached hydrogen (secondary N) is 1. The summed E-state index contributed by atoms with van der Waals surface area (Å²) in [5.41, 5.74) is 1.07. The van der Waals surface area contributed by atoms with Crippen LogP contribution in [0.15, 0.2) is 23.3 Å². The molecule has 0 unspecified atom stereocenters. The Bertz CT molecular complexity index is 676. The van der Waals surface area contributed by atoms with E-state index in [9.17, 15) is 4.79 Å². The molecule has 1 amide bonds. The summed E-state index contributed by atoms with van der Waals surface area (Å²) in [6, 6.07) is 3.93. The molecule has 0 bridgehead atoms. The number of guanidine groups is 1. The standard InChI is InChI=1S/C20H31N5O3.HI/c1-3-21-19(24-9-11-25(12-10-24)20(26)27-4-2)23-14-17-7-8-22-18(13-17)28-15-16-5-6-16;/h7-8,13,16H,3-6,9-12,14-15H2,1-2H3,(H,21,23);1H. The summed E-state index contributed by atoms with van der Waals surface area (Å²) < 4.78 is 10.8. The number of rotatable bonds is 7. The molecule has 0 radical (unpaired) electrons. The maximum Gasteiger partial charge on any atom is 0.409 e. The molecule has 2 fully saturated rings. The third kappa shape index (κ3) is 7.52. The number of pyridine rings is 1. The van der Waals surface area contributed by atoms with E-state index >= 15 is 0 Å². The predicted molar refractivity (Wildman–Crippen MR) is 123 cm³/mol. The summed E-state index contributed by atoms with van der Waals surface area (Å²) in [7, 11) is 0. The van der Waals surface area contributed by atoms with Crippen LogP contribution in [-0.2, 0) is 11.3 Å². The van der Waals surface area contributed by atoms with Crippen LogP contribution in [0.2, 0.25) is 0 Å². The van der Waals surface area contributed by atoms with Gasteiger partial charge in [0.25, 0.3) is 0 Å². The maximum atomic E-state index is 11.9.